The predicted molar refractivity (Wildman–Crippen MR) is 61.4 cm³/mol. The van der Waals surface area contributed by atoms with E-state index in [0.29, 0.717) is 18.9 Å². The summed E-state index contributed by atoms with van der Waals surface area (Å²) in [5.41, 5.74) is 5.70. The zero-order chi connectivity index (χ0) is 11.8. The number of nitrogens with one attached hydrogen (secondary N) is 1. The second-order valence-electron chi connectivity index (χ2n) is 4.39. The minimum Gasteiger partial charge on any atom is -0.382 e. The highest BCUT2D eigenvalue weighted by Gasteiger charge is 2.21. The average Bonchev–Trinajstić information content (AvgIpc) is 2.21. The van der Waals surface area contributed by atoms with Crippen molar-refractivity contribution in [1.82, 2.24) is 5.32 Å². The number of carbonyl (C=O) groups is 1. The van der Waals surface area contributed by atoms with Crippen LogP contribution in [0.3, 0.4) is 0 Å². The van der Waals surface area contributed by atoms with Crippen LogP contribution in [0.25, 0.3) is 0 Å². The van der Waals surface area contributed by atoms with Gasteiger partial charge in [-0.1, -0.05) is 33.6 Å². The lowest BCUT2D eigenvalue weighted by Crippen LogP contribution is -2.47. The van der Waals surface area contributed by atoms with E-state index in [0.717, 1.165) is 12.8 Å². The van der Waals surface area contributed by atoms with Gasteiger partial charge in [-0.2, -0.15) is 0 Å². The van der Waals surface area contributed by atoms with Gasteiger partial charge in [-0.05, 0) is 12.3 Å². The van der Waals surface area contributed by atoms with Gasteiger partial charge in [0.25, 0.3) is 0 Å². The van der Waals surface area contributed by atoms with Crippen molar-refractivity contribution in [2.75, 3.05) is 6.54 Å². The minimum absolute atomic E-state index is 0.354. The molecule has 4 nitrogen and oxygen atoms in total. The summed E-state index contributed by atoms with van der Waals surface area (Å²) >= 11 is 0. The molecule has 0 spiro atoms. The zero-order valence-corrected chi connectivity index (χ0v) is 9.99. The number of aliphatic hydroxyl groups is 1. The van der Waals surface area contributed by atoms with Crippen molar-refractivity contribution in [2.24, 2.45) is 11.7 Å². The number of unbranched alkanes of at least 4 members (excludes halogenated alkanes) is 1. The Morgan fingerprint density at radius 1 is 1.47 bits per heavy atom. The maximum atomic E-state index is 11.4. The molecule has 0 rings (SSSR count). The molecule has 15 heavy (non-hydrogen) atoms. The van der Waals surface area contributed by atoms with Crippen LogP contribution in [0.15, 0.2) is 0 Å². The number of amides is 1. The number of aliphatic hydroxyl groups excluding tert-OH is 1. The van der Waals surface area contributed by atoms with Crippen LogP contribution in [0.1, 0.15) is 40.0 Å². The van der Waals surface area contributed by atoms with Crippen LogP contribution in [0.4, 0.5) is 0 Å². The Labute approximate surface area is 92.2 Å². The molecule has 0 heterocycles. The molecule has 1 unspecified atom stereocenters. The first-order valence-corrected chi connectivity index (χ1v) is 5.70. The molecule has 0 radical (unpaired) electrons. The van der Waals surface area contributed by atoms with E-state index in [1.54, 1.807) is 0 Å². The van der Waals surface area contributed by atoms with Gasteiger partial charge in [-0.15, -0.1) is 0 Å². The molecule has 0 bridgehead atoms. The van der Waals surface area contributed by atoms with Gasteiger partial charge in [-0.3, -0.25) is 4.79 Å². The Morgan fingerprint density at radius 3 is 2.53 bits per heavy atom. The molecule has 0 aromatic rings. The molecular weight excluding hydrogens is 192 g/mol. The van der Waals surface area contributed by atoms with E-state index in [-0.39, 0.29) is 5.91 Å². The molecular formula is C11H24N2O2. The molecule has 0 aromatic heterocycles. The van der Waals surface area contributed by atoms with Gasteiger partial charge in [0, 0.05) is 12.6 Å². The third-order valence-electron chi connectivity index (χ3n) is 2.25. The first-order chi connectivity index (χ1) is 6.99. The Kier molecular flexibility index (Phi) is 7.34. The van der Waals surface area contributed by atoms with Gasteiger partial charge < -0.3 is 16.2 Å². The van der Waals surface area contributed by atoms with Crippen LogP contribution in [0.2, 0.25) is 0 Å². The van der Waals surface area contributed by atoms with Crippen LogP contribution >= 0.6 is 0 Å². The first-order valence-electron chi connectivity index (χ1n) is 5.70. The maximum Gasteiger partial charge on any atom is 0.250 e. The van der Waals surface area contributed by atoms with E-state index < -0.39 is 12.1 Å². The number of carbonyl (C=O) groups excluding carboxylic acids is 1. The van der Waals surface area contributed by atoms with E-state index >= 15 is 0 Å². The highest BCUT2D eigenvalue weighted by atomic mass is 16.3. The van der Waals surface area contributed by atoms with Gasteiger partial charge in [0.05, 0.1) is 0 Å². The quantitative estimate of drug-likeness (QED) is 0.584. The molecule has 4 heteroatoms. The number of nitrogens with two attached hydrogens (primary N) is 1. The molecule has 0 aliphatic heterocycles. The third kappa shape index (κ3) is 6.47. The molecule has 1 amide bonds. The Bertz CT molecular complexity index is 183. The topological polar surface area (TPSA) is 75.3 Å². The van der Waals surface area contributed by atoms with Gasteiger partial charge in [-0.25, -0.2) is 0 Å². The maximum absolute atomic E-state index is 11.4. The molecule has 4 N–H and O–H groups in total. The summed E-state index contributed by atoms with van der Waals surface area (Å²) in [6.45, 7) is 6.64. The Morgan fingerprint density at radius 2 is 2.07 bits per heavy atom. The van der Waals surface area contributed by atoms with Crippen molar-refractivity contribution >= 4 is 5.91 Å². The third-order valence-corrected chi connectivity index (χ3v) is 2.25. The van der Waals surface area contributed by atoms with Crippen LogP contribution in [0, 0.1) is 5.92 Å². The van der Waals surface area contributed by atoms with Crippen molar-refractivity contribution in [3.63, 3.8) is 0 Å². The van der Waals surface area contributed by atoms with Gasteiger partial charge in [0.15, 0.2) is 0 Å². The smallest absolute Gasteiger partial charge is 0.250 e. The number of hydrogen-bond acceptors (Lipinski definition) is 3. The lowest BCUT2D eigenvalue weighted by molar-refractivity contribution is -0.130. The van der Waals surface area contributed by atoms with Gasteiger partial charge in [0.1, 0.15) is 6.10 Å². The normalized spacial score (nSPS) is 15.1. The van der Waals surface area contributed by atoms with Crippen LogP contribution in [-0.4, -0.2) is 29.7 Å². The fraction of sp³-hybridized carbons (Fsp3) is 0.909. The van der Waals surface area contributed by atoms with E-state index in [1.165, 1.54) is 0 Å². The van der Waals surface area contributed by atoms with Crippen LogP contribution in [-0.2, 0) is 4.79 Å². The Balaban J connectivity index is 3.85. The van der Waals surface area contributed by atoms with Crippen molar-refractivity contribution < 1.29 is 9.90 Å². The summed E-state index contributed by atoms with van der Waals surface area (Å²) in [5.74, 6) is 0.0281. The van der Waals surface area contributed by atoms with Crippen molar-refractivity contribution in [3.05, 3.63) is 0 Å². The second-order valence-corrected chi connectivity index (χ2v) is 4.39. The SMILES string of the molecule is CCCC[C@H](N)C(O)C(=O)NCC(C)C. The largest absolute Gasteiger partial charge is 0.382 e. The molecule has 2 atom stereocenters. The van der Waals surface area contributed by atoms with Gasteiger partial charge >= 0.3 is 0 Å². The molecule has 90 valence electrons. The summed E-state index contributed by atoms with van der Waals surface area (Å²) in [7, 11) is 0. The lowest BCUT2D eigenvalue weighted by atomic mass is 10.0. The molecule has 0 saturated heterocycles. The predicted octanol–water partition coefficient (Wildman–Crippen LogP) is 0.637. The van der Waals surface area contributed by atoms with Gasteiger partial charge in [0.2, 0.25) is 5.91 Å². The number of hydrogen-bond donors (Lipinski definition) is 3. The van der Waals surface area contributed by atoms with E-state index in [4.69, 9.17) is 5.73 Å². The van der Waals surface area contributed by atoms with Crippen LogP contribution in [0.5, 0.6) is 0 Å². The number of rotatable bonds is 7. The summed E-state index contributed by atoms with van der Waals surface area (Å²) in [5, 5.41) is 12.3. The zero-order valence-electron chi connectivity index (χ0n) is 9.99. The van der Waals surface area contributed by atoms with Crippen molar-refractivity contribution in [2.45, 2.75) is 52.2 Å². The lowest BCUT2D eigenvalue weighted by Gasteiger charge is -2.18. The van der Waals surface area contributed by atoms with E-state index in [2.05, 4.69) is 12.2 Å². The first kappa shape index (κ1) is 14.4. The van der Waals surface area contributed by atoms with E-state index in [1.807, 2.05) is 13.8 Å². The van der Waals surface area contributed by atoms with Crippen molar-refractivity contribution in [1.29, 1.82) is 0 Å². The molecule has 0 aliphatic rings. The van der Waals surface area contributed by atoms with Crippen molar-refractivity contribution in [3.8, 4) is 0 Å². The fourth-order valence-electron chi connectivity index (χ4n) is 1.20. The minimum atomic E-state index is -1.07. The highest BCUT2D eigenvalue weighted by molar-refractivity contribution is 5.81. The molecule has 0 aliphatic carbocycles. The fourth-order valence-corrected chi connectivity index (χ4v) is 1.20. The highest BCUT2D eigenvalue weighted by Crippen LogP contribution is 2.03. The second kappa shape index (κ2) is 7.65. The summed E-state index contributed by atoms with van der Waals surface area (Å²) in [4.78, 5) is 11.4. The Hall–Kier alpha value is -0.610. The monoisotopic (exact) mass is 216 g/mol. The molecule has 0 saturated carbocycles. The van der Waals surface area contributed by atoms with E-state index in [9.17, 15) is 9.90 Å². The summed E-state index contributed by atoms with van der Waals surface area (Å²) in [6.07, 6.45) is 1.58. The summed E-state index contributed by atoms with van der Waals surface area (Å²) in [6, 6.07) is -0.447. The standard InChI is InChI=1S/C11H24N2O2/c1-4-5-6-9(12)10(14)11(15)13-7-8(2)3/h8-10,14H,4-7,12H2,1-3H3,(H,13,15)/t9-,10?/m0/s1. The average molecular weight is 216 g/mol. The van der Waals surface area contributed by atoms with Crippen LogP contribution < -0.4 is 11.1 Å². The molecule has 0 fully saturated rings. The molecule has 0 aromatic carbocycles. The summed E-state index contributed by atoms with van der Waals surface area (Å²) < 4.78 is 0.